The molecule has 0 amide bonds. The average Bonchev–Trinajstić information content (AvgIpc) is 2.52. The predicted molar refractivity (Wildman–Crippen MR) is 96.2 cm³/mol. The molecule has 0 spiro atoms. The van der Waals surface area contributed by atoms with Crippen LogP contribution >= 0.6 is 0 Å². The highest BCUT2D eigenvalue weighted by atomic mass is 32.2. The van der Waals surface area contributed by atoms with Crippen molar-refractivity contribution in [2.75, 3.05) is 0 Å². The number of nitrogens with zero attached hydrogens (tertiary/aromatic N) is 2. The van der Waals surface area contributed by atoms with Crippen LogP contribution in [0.25, 0.3) is 0 Å². The lowest BCUT2D eigenvalue weighted by molar-refractivity contribution is 0.685. The molecule has 4 nitrogen and oxygen atoms in total. The van der Waals surface area contributed by atoms with Crippen LogP contribution in [0, 0.1) is 27.7 Å². The Kier molecular flexibility index (Phi) is 4.13. The maximum Gasteiger partial charge on any atom is 0.269 e. The summed E-state index contributed by atoms with van der Waals surface area (Å²) >= 11 is -1.61. The summed E-state index contributed by atoms with van der Waals surface area (Å²) in [6.07, 6.45) is 0. The second-order valence-corrected chi connectivity index (χ2v) is 6.66. The minimum Gasteiger partial charge on any atom is -0.323 e. The fraction of sp³-hybridized carbons (Fsp3) is 0.222. The number of benzene rings is 2. The SMILES string of the molecule is Cc1ccc(C2=NS(=O)N=C(c3ccc(C)c(C)c3)N2)cc1C. The smallest absolute Gasteiger partial charge is 0.269 e. The summed E-state index contributed by atoms with van der Waals surface area (Å²) in [5.41, 5.74) is 6.61. The van der Waals surface area contributed by atoms with E-state index in [2.05, 4.69) is 41.8 Å². The van der Waals surface area contributed by atoms with E-state index < -0.39 is 11.2 Å². The van der Waals surface area contributed by atoms with Gasteiger partial charge in [0, 0.05) is 11.1 Å². The molecule has 0 saturated carbocycles. The van der Waals surface area contributed by atoms with E-state index in [0.717, 1.165) is 11.1 Å². The van der Waals surface area contributed by atoms with E-state index in [1.807, 2.05) is 36.4 Å². The quantitative estimate of drug-likeness (QED) is 0.921. The molecule has 3 rings (SSSR count). The van der Waals surface area contributed by atoms with Crippen molar-refractivity contribution < 1.29 is 4.21 Å². The van der Waals surface area contributed by atoms with Crippen LogP contribution in [0.1, 0.15) is 33.4 Å². The van der Waals surface area contributed by atoms with Gasteiger partial charge in [-0.15, -0.1) is 8.80 Å². The number of aryl methyl sites for hydroxylation is 4. The molecule has 23 heavy (non-hydrogen) atoms. The summed E-state index contributed by atoms with van der Waals surface area (Å²) < 4.78 is 20.3. The Labute approximate surface area is 139 Å². The molecule has 2 aromatic rings. The second-order valence-electron chi connectivity index (χ2n) is 5.83. The Bertz CT molecular complexity index is 799. The first-order valence-electron chi connectivity index (χ1n) is 7.46. The van der Waals surface area contributed by atoms with Crippen molar-refractivity contribution in [3.63, 3.8) is 0 Å². The van der Waals surface area contributed by atoms with Crippen molar-refractivity contribution in [3.05, 3.63) is 69.8 Å². The maximum absolute atomic E-state index is 12.0. The summed E-state index contributed by atoms with van der Waals surface area (Å²) in [7, 11) is 0. The molecule has 118 valence electrons. The topological polar surface area (TPSA) is 53.8 Å². The zero-order valence-corrected chi connectivity index (χ0v) is 14.5. The molecule has 0 aliphatic carbocycles. The lowest BCUT2D eigenvalue weighted by Crippen LogP contribution is -2.35. The Morgan fingerprint density at radius 1 is 0.739 bits per heavy atom. The van der Waals surface area contributed by atoms with Crippen molar-refractivity contribution in [3.8, 4) is 0 Å². The normalized spacial score (nSPS) is 15.0. The van der Waals surface area contributed by atoms with Gasteiger partial charge in [0.1, 0.15) is 0 Å². The zero-order chi connectivity index (χ0) is 16.6. The summed E-state index contributed by atoms with van der Waals surface area (Å²) in [6.45, 7) is 8.24. The number of rotatable bonds is 2. The summed E-state index contributed by atoms with van der Waals surface area (Å²) in [4.78, 5) is 0. The van der Waals surface area contributed by atoms with E-state index in [9.17, 15) is 4.21 Å². The standard InChI is InChI=1S/C18H19N3OS/c1-11-5-7-15(9-13(11)3)17-19-18(21-23(22)20-17)16-8-6-12(2)14(4)10-16/h5-10H,1-4H3,(H,19,20,21). The molecule has 0 unspecified atom stereocenters. The van der Waals surface area contributed by atoms with Crippen molar-refractivity contribution in [1.29, 1.82) is 0 Å². The van der Waals surface area contributed by atoms with E-state index in [4.69, 9.17) is 0 Å². The monoisotopic (exact) mass is 325 g/mol. The van der Waals surface area contributed by atoms with Gasteiger partial charge in [0.05, 0.1) is 0 Å². The number of hydrogen-bond acceptors (Lipinski definition) is 2. The lowest BCUT2D eigenvalue weighted by Gasteiger charge is -2.17. The van der Waals surface area contributed by atoms with Crippen LogP contribution in [0.3, 0.4) is 0 Å². The molecule has 0 radical (unpaired) electrons. The minimum atomic E-state index is -1.61. The van der Waals surface area contributed by atoms with Crippen molar-refractivity contribution in [2.24, 2.45) is 8.80 Å². The van der Waals surface area contributed by atoms with Gasteiger partial charge < -0.3 is 5.32 Å². The third-order valence-electron chi connectivity index (χ3n) is 4.14. The first-order valence-corrected chi connectivity index (χ1v) is 8.52. The third kappa shape index (κ3) is 3.24. The maximum atomic E-state index is 12.0. The van der Waals surface area contributed by atoms with Crippen molar-refractivity contribution in [1.82, 2.24) is 5.32 Å². The van der Waals surface area contributed by atoms with Gasteiger partial charge in [-0.2, -0.15) is 0 Å². The number of amidine groups is 2. The van der Waals surface area contributed by atoms with Crippen molar-refractivity contribution in [2.45, 2.75) is 27.7 Å². The van der Waals surface area contributed by atoms with Crippen LogP contribution in [-0.2, 0) is 11.2 Å². The van der Waals surface area contributed by atoms with Gasteiger partial charge in [-0.05, 0) is 62.1 Å². The Balaban J connectivity index is 1.96. The molecular weight excluding hydrogens is 306 g/mol. The first-order chi connectivity index (χ1) is 10.9. The zero-order valence-electron chi connectivity index (χ0n) is 13.7. The minimum absolute atomic E-state index is 0.592. The van der Waals surface area contributed by atoms with Crippen LogP contribution < -0.4 is 5.32 Å². The van der Waals surface area contributed by atoms with Crippen LogP contribution in [0.5, 0.6) is 0 Å². The third-order valence-corrected chi connectivity index (χ3v) is 4.81. The van der Waals surface area contributed by atoms with E-state index in [1.165, 1.54) is 22.3 Å². The highest BCUT2D eigenvalue weighted by Crippen LogP contribution is 2.15. The van der Waals surface area contributed by atoms with Gasteiger partial charge in [0.15, 0.2) is 11.7 Å². The van der Waals surface area contributed by atoms with Crippen LogP contribution in [0.15, 0.2) is 45.2 Å². The second kappa shape index (κ2) is 6.08. The van der Waals surface area contributed by atoms with Crippen molar-refractivity contribution >= 4 is 22.8 Å². The molecule has 0 fully saturated rings. The van der Waals surface area contributed by atoms with E-state index in [0.29, 0.717) is 11.7 Å². The number of nitrogens with one attached hydrogen (secondary N) is 1. The Hall–Kier alpha value is -2.27. The summed E-state index contributed by atoms with van der Waals surface area (Å²) in [5.74, 6) is 1.18. The average molecular weight is 325 g/mol. The lowest BCUT2D eigenvalue weighted by atomic mass is 10.0. The highest BCUT2D eigenvalue weighted by Gasteiger charge is 2.17. The fourth-order valence-corrected chi connectivity index (χ4v) is 3.02. The molecule has 0 saturated heterocycles. The largest absolute Gasteiger partial charge is 0.323 e. The van der Waals surface area contributed by atoms with Gasteiger partial charge in [0.25, 0.3) is 11.2 Å². The first kappa shape index (κ1) is 15.6. The van der Waals surface area contributed by atoms with E-state index >= 15 is 0 Å². The van der Waals surface area contributed by atoms with Crippen LogP contribution in [-0.4, -0.2) is 15.9 Å². The molecule has 0 bridgehead atoms. The molecule has 1 aliphatic rings. The van der Waals surface area contributed by atoms with Gasteiger partial charge in [-0.25, -0.2) is 4.21 Å². The molecule has 5 heteroatoms. The van der Waals surface area contributed by atoms with Gasteiger partial charge in [-0.1, -0.05) is 24.3 Å². The van der Waals surface area contributed by atoms with E-state index in [-0.39, 0.29) is 0 Å². The molecular formula is C18H19N3OS. The van der Waals surface area contributed by atoms with Crippen LogP contribution in [0.2, 0.25) is 0 Å². The predicted octanol–water partition coefficient (Wildman–Crippen LogP) is 3.30. The molecule has 0 aromatic heterocycles. The van der Waals surface area contributed by atoms with Gasteiger partial charge >= 0.3 is 0 Å². The fourth-order valence-electron chi connectivity index (χ4n) is 2.36. The molecule has 1 heterocycles. The molecule has 1 aliphatic heterocycles. The number of hydrogen-bond donors (Lipinski definition) is 1. The Morgan fingerprint density at radius 3 is 1.57 bits per heavy atom. The summed E-state index contributed by atoms with van der Waals surface area (Å²) in [5, 5.41) is 3.22. The summed E-state index contributed by atoms with van der Waals surface area (Å²) in [6, 6.07) is 12.1. The molecule has 0 atom stereocenters. The van der Waals surface area contributed by atoms with E-state index in [1.54, 1.807) is 0 Å². The van der Waals surface area contributed by atoms with Gasteiger partial charge in [0.2, 0.25) is 0 Å². The van der Waals surface area contributed by atoms with Crippen LogP contribution in [0.4, 0.5) is 0 Å². The Morgan fingerprint density at radius 2 is 1.17 bits per heavy atom. The molecule has 2 aromatic carbocycles. The molecule has 1 N–H and O–H groups in total. The highest BCUT2D eigenvalue weighted by molar-refractivity contribution is 7.82. The van der Waals surface area contributed by atoms with Gasteiger partial charge in [-0.3, -0.25) is 0 Å².